The van der Waals surface area contributed by atoms with Crippen LogP contribution in [0.15, 0.2) is 60.7 Å². The van der Waals surface area contributed by atoms with E-state index < -0.39 is 90.5 Å². The van der Waals surface area contributed by atoms with Gasteiger partial charge in [-0.1, -0.05) is 36.4 Å². The predicted octanol–water partition coefficient (Wildman–Crippen LogP) is 0.350. The van der Waals surface area contributed by atoms with E-state index in [-0.39, 0.29) is 24.0 Å². The molecule has 4 N–H and O–H groups in total. The fourth-order valence-corrected chi connectivity index (χ4v) is 6.99. The van der Waals surface area contributed by atoms with Gasteiger partial charge in [0.25, 0.3) is 0 Å². The van der Waals surface area contributed by atoms with E-state index in [0.717, 1.165) is 0 Å². The number of carbonyl (C=O) groups excluding carboxylic acids is 3. The van der Waals surface area contributed by atoms with Crippen LogP contribution < -0.4 is 0 Å². The van der Waals surface area contributed by atoms with Gasteiger partial charge in [0.05, 0.1) is 17.2 Å². The first-order valence-electron chi connectivity index (χ1n) is 13.8. The highest BCUT2D eigenvalue weighted by Gasteiger charge is 2.88. The molecule has 0 unspecified atom stereocenters. The quantitative estimate of drug-likeness (QED) is 0.248. The second-order valence-electron chi connectivity index (χ2n) is 11.5. The molecule has 10 atom stereocenters. The Morgan fingerprint density at radius 2 is 1.45 bits per heavy atom. The number of ether oxygens (including phenoxy) is 5. The Bertz CT molecular complexity index is 1350. The molecule has 12 heteroatoms. The Morgan fingerprint density at radius 3 is 2.07 bits per heavy atom. The summed E-state index contributed by atoms with van der Waals surface area (Å²) in [4.78, 5) is 38.7. The first-order valence-corrected chi connectivity index (χ1v) is 13.8. The molecule has 5 aliphatic rings. The Labute approximate surface area is 240 Å². The summed E-state index contributed by atoms with van der Waals surface area (Å²) in [6, 6.07) is 16.3. The van der Waals surface area contributed by atoms with E-state index in [4.69, 9.17) is 23.7 Å². The van der Waals surface area contributed by atoms with Gasteiger partial charge in [0, 0.05) is 12.3 Å². The normalized spacial score (nSPS) is 40.0. The van der Waals surface area contributed by atoms with Gasteiger partial charge >= 0.3 is 17.9 Å². The van der Waals surface area contributed by atoms with Crippen molar-refractivity contribution in [2.24, 2.45) is 11.3 Å². The van der Waals surface area contributed by atoms with Crippen molar-refractivity contribution in [3.05, 3.63) is 71.8 Å². The third kappa shape index (κ3) is 4.16. The molecule has 42 heavy (non-hydrogen) atoms. The summed E-state index contributed by atoms with van der Waals surface area (Å²) in [6.07, 6.45) is -8.87. The first kappa shape index (κ1) is 28.7. The number of aliphatic hydroxyl groups excluding tert-OH is 4. The molecular weight excluding hydrogens is 552 g/mol. The van der Waals surface area contributed by atoms with Crippen molar-refractivity contribution < 1.29 is 58.5 Å². The number of hydrogen-bond acceptors (Lipinski definition) is 12. The molecule has 3 saturated carbocycles. The van der Waals surface area contributed by atoms with E-state index in [1.807, 2.05) is 0 Å². The maximum absolute atomic E-state index is 13.5. The molecule has 7 rings (SSSR count). The van der Waals surface area contributed by atoms with Gasteiger partial charge in [-0.15, -0.1) is 0 Å². The molecule has 0 spiro atoms. The standard InChI is InChI=1S/C30H32O12/c1-28-13-19(31)18-12-30(28,29(18,27(37)42-28)15-39-25(36)17-10-6-3-7-11-17)41-26-23(34)22(33)21(32)20(40-26)14-38-24(35)16-8-4-2-5-9-16/h2-11,18-23,26,31-34H,12-15H2,1H3/t18-,19-,20-,21-,22+,23-,26+,28+,29+,30-/m1/s1. The van der Waals surface area contributed by atoms with Gasteiger partial charge in [0.1, 0.15) is 54.2 Å². The number of benzene rings is 2. The third-order valence-electron chi connectivity index (χ3n) is 9.28. The molecule has 2 aromatic rings. The van der Waals surface area contributed by atoms with Gasteiger partial charge < -0.3 is 44.1 Å². The van der Waals surface area contributed by atoms with E-state index in [9.17, 15) is 34.8 Å². The van der Waals surface area contributed by atoms with Gasteiger partial charge in [-0.05, 0) is 37.6 Å². The highest BCUT2D eigenvalue weighted by Crippen LogP contribution is 2.73. The molecule has 2 heterocycles. The van der Waals surface area contributed by atoms with Gasteiger partial charge in [0.2, 0.25) is 0 Å². The molecule has 0 amide bonds. The largest absolute Gasteiger partial charge is 0.461 e. The van der Waals surface area contributed by atoms with Crippen LogP contribution in [0, 0.1) is 11.3 Å². The van der Waals surface area contributed by atoms with Crippen molar-refractivity contribution in [3.63, 3.8) is 0 Å². The average Bonchev–Trinajstić information content (AvgIpc) is 3.05. The van der Waals surface area contributed by atoms with E-state index in [1.54, 1.807) is 67.6 Å². The molecule has 2 aliphatic heterocycles. The van der Waals surface area contributed by atoms with Crippen LogP contribution in [-0.4, -0.2) is 99.6 Å². The van der Waals surface area contributed by atoms with E-state index in [2.05, 4.69) is 0 Å². The number of hydrogen-bond donors (Lipinski definition) is 4. The minimum Gasteiger partial charge on any atom is -0.461 e. The minimum absolute atomic E-state index is 0.0178. The summed E-state index contributed by atoms with van der Waals surface area (Å²) in [5.41, 5.74) is -4.00. The Hall–Kier alpha value is -3.39. The zero-order valence-electron chi connectivity index (χ0n) is 22.7. The summed E-state index contributed by atoms with van der Waals surface area (Å²) in [7, 11) is 0. The highest BCUT2D eigenvalue weighted by atomic mass is 16.7. The highest BCUT2D eigenvalue weighted by molar-refractivity contribution is 5.91. The second-order valence-corrected chi connectivity index (χ2v) is 11.5. The van der Waals surface area contributed by atoms with Crippen molar-refractivity contribution in [1.29, 1.82) is 0 Å². The summed E-state index contributed by atoms with van der Waals surface area (Å²) in [6.45, 7) is 0.645. The van der Waals surface area contributed by atoms with Crippen molar-refractivity contribution in [1.82, 2.24) is 0 Å². The summed E-state index contributed by atoms with van der Waals surface area (Å²) in [5.74, 6) is -2.77. The van der Waals surface area contributed by atoms with Crippen LogP contribution in [0.4, 0.5) is 0 Å². The molecule has 224 valence electrons. The smallest absolute Gasteiger partial charge is 0.338 e. The lowest BCUT2D eigenvalue weighted by Gasteiger charge is -2.66. The lowest BCUT2D eigenvalue weighted by Crippen LogP contribution is -2.80. The van der Waals surface area contributed by atoms with Gasteiger partial charge in [-0.3, -0.25) is 4.79 Å². The fourth-order valence-electron chi connectivity index (χ4n) is 6.99. The summed E-state index contributed by atoms with van der Waals surface area (Å²) >= 11 is 0. The van der Waals surface area contributed by atoms with Crippen LogP contribution >= 0.6 is 0 Å². The first-order chi connectivity index (χ1) is 20.0. The SMILES string of the molecule is C[C@]12C[C@@H](O)[C@H]3C[C@]1(O[C@@H]1O[C@H](COC(=O)c4ccccc4)[C@@H](O)[C@H](O)[C@H]1O)[C@]3(COC(=O)c1ccccc1)C(=O)O2. The van der Waals surface area contributed by atoms with Crippen LogP contribution in [0.25, 0.3) is 0 Å². The van der Waals surface area contributed by atoms with Crippen LogP contribution in [0.3, 0.4) is 0 Å². The Morgan fingerprint density at radius 1 is 0.857 bits per heavy atom. The van der Waals surface area contributed by atoms with Crippen molar-refractivity contribution in [3.8, 4) is 0 Å². The topological polar surface area (TPSA) is 178 Å². The second kappa shape index (κ2) is 10.4. The molecule has 2 saturated heterocycles. The molecule has 5 fully saturated rings. The van der Waals surface area contributed by atoms with E-state index >= 15 is 0 Å². The number of carbonyl (C=O) groups is 3. The average molecular weight is 585 g/mol. The molecule has 4 bridgehead atoms. The predicted molar refractivity (Wildman–Crippen MR) is 140 cm³/mol. The lowest BCUT2D eigenvalue weighted by atomic mass is 9.40. The molecular formula is C30H32O12. The van der Waals surface area contributed by atoms with Crippen LogP contribution in [0.5, 0.6) is 0 Å². The number of aliphatic hydroxyl groups is 4. The maximum Gasteiger partial charge on any atom is 0.338 e. The Balaban J connectivity index is 1.24. The van der Waals surface area contributed by atoms with Crippen molar-refractivity contribution in [2.45, 2.75) is 67.8 Å². The minimum atomic E-state index is -1.76. The third-order valence-corrected chi connectivity index (χ3v) is 9.28. The molecule has 12 nitrogen and oxygen atoms in total. The summed E-state index contributed by atoms with van der Waals surface area (Å²) in [5, 5.41) is 43.0. The Kier molecular flexibility index (Phi) is 7.11. The number of fused-ring (bicyclic) bond motifs is 1. The van der Waals surface area contributed by atoms with Gasteiger partial charge in [-0.25, -0.2) is 9.59 Å². The number of esters is 3. The van der Waals surface area contributed by atoms with Crippen LogP contribution in [0.1, 0.15) is 40.5 Å². The number of rotatable bonds is 8. The maximum atomic E-state index is 13.5. The monoisotopic (exact) mass is 584 g/mol. The fraction of sp³-hybridized carbons (Fsp3) is 0.500. The van der Waals surface area contributed by atoms with Gasteiger partial charge in [0.15, 0.2) is 6.29 Å². The van der Waals surface area contributed by atoms with Crippen molar-refractivity contribution in [2.75, 3.05) is 13.2 Å². The van der Waals surface area contributed by atoms with Crippen molar-refractivity contribution >= 4 is 17.9 Å². The molecule has 0 aromatic heterocycles. The molecule has 2 aromatic carbocycles. The molecule has 0 radical (unpaired) electrons. The zero-order valence-corrected chi connectivity index (χ0v) is 22.7. The van der Waals surface area contributed by atoms with Crippen LogP contribution in [0.2, 0.25) is 0 Å². The molecule has 3 aliphatic carbocycles. The van der Waals surface area contributed by atoms with Gasteiger partial charge in [-0.2, -0.15) is 0 Å². The summed E-state index contributed by atoms with van der Waals surface area (Å²) < 4.78 is 28.8. The van der Waals surface area contributed by atoms with E-state index in [1.165, 1.54) is 0 Å². The van der Waals surface area contributed by atoms with Crippen LogP contribution in [-0.2, 0) is 28.5 Å². The van der Waals surface area contributed by atoms with E-state index in [0.29, 0.717) is 0 Å². The lowest BCUT2D eigenvalue weighted by molar-refractivity contribution is -0.394. The zero-order chi connectivity index (χ0) is 29.9.